The number of hydrogen-bond donors (Lipinski definition) is 3. The van der Waals surface area contributed by atoms with Gasteiger partial charge in [0.15, 0.2) is 0 Å². The standard InChI is InChI=1S/C12H18N4O/c1-8-4-10(12(13)17)5-11(16-8)15-7-9-2-3-14-6-9/h4-5,9,14H,2-3,6-7H2,1H3,(H2,13,17)(H,15,16). The maximum Gasteiger partial charge on any atom is 0.248 e. The quantitative estimate of drug-likeness (QED) is 0.709. The van der Waals surface area contributed by atoms with E-state index in [2.05, 4.69) is 15.6 Å². The molecule has 1 aromatic heterocycles. The van der Waals surface area contributed by atoms with Gasteiger partial charge in [-0.1, -0.05) is 0 Å². The molecule has 0 spiro atoms. The Balaban J connectivity index is 2.01. The third-order valence-corrected chi connectivity index (χ3v) is 2.97. The van der Waals surface area contributed by atoms with Crippen LogP contribution in [0.3, 0.4) is 0 Å². The van der Waals surface area contributed by atoms with E-state index in [1.54, 1.807) is 12.1 Å². The number of pyridine rings is 1. The fraction of sp³-hybridized carbons (Fsp3) is 0.500. The molecule has 1 atom stereocenters. The van der Waals surface area contributed by atoms with Gasteiger partial charge in [-0.3, -0.25) is 4.79 Å². The first-order valence-electron chi connectivity index (χ1n) is 5.88. The Kier molecular flexibility index (Phi) is 3.58. The second kappa shape index (κ2) is 5.14. The number of aryl methyl sites for hydroxylation is 1. The van der Waals surface area contributed by atoms with Crippen LogP contribution in [-0.4, -0.2) is 30.5 Å². The molecule has 1 aromatic rings. The van der Waals surface area contributed by atoms with Crippen LogP contribution in [-0.2, 0) is 0 Å². The summed E-state index contributed by atoms with van der Waals surface area (Å²) in [5.74, 6) is 0.945. The van der Waals surface area contributed by atoms with Gasteiger partial charge in [0.05, 0.1) is 0 Å². The average Bonchev–Trinajstić information content (AvgIpc) is 2.78. The topological polar surface area (TPSA) is 80.0 Å². The van der Waals surface area contributed by atoms with Crippen molar-refractivity contribution in [3.63, 3.8) is 0 Å². The van der Waals surface area contributed by atoms with Crippen LogP contribution in [0.15, 0.2) is 12.1 Å². The summed E-state index contributed by atoms with van der Waals surface area (Å²) in [6, 6.07) is 3.41. The molecule has 2 rings (SSSR count). The van der Waals surface area contributed by atoms with Crippen molar-refractivity contribution < 1.29 is 4.79 Å². The molecule has 1 amide bonds. The lowest BCUT2D eigenvalue weighted by Crippen LogP contribution is -2.18. The normalized spacial score (nSPS) is 19.2. The van der Waals surface area contributed by atoms with Gasteiger partial charge >= 0.3 is 0 Å². The van der Waals surface area contributed by atoms with Crippen molar-refractivity contribution in [3.05, 3.63) is 23.4 Å². The molecule has 5 nitrogen and oxygen atoms in total. The minimum Gasteiger partial charge on any atom is -0.370 e. The number of anilines is 1. The van der Waals surface area contributed by atoms with Gasteiger partial charge in [0.25, 0.3) is 0 Å². The minimum atomic E-state index is -0.416. The van der Waals surface area contributed by atoms with Crippen molar-refractivity contribution in [1.82, 2.24) is 10.3 Å². The van der Waals surface area contributed by atoms with E-state index in [9.17, 15) is 4.79 Å². The van der Waals surface area contributed by atoms with E-state index in [1.165, 1.54) is 6.42 Å². The van der Waals surface area contributed by atoms with Crippen LogP contribution in [0.4, 0.5) is 5.82 Å². The Bertz CT molecular complexity index is 413. The Morgan fingerprint density at radius 2 is 2.47 bits per heavy atom. The monoisotopic (exact) mass is 234 g/mol. The summed E-state index contributed by atoms with van der Waals surface area (Å²) in [7, 11) is 0. The van der Waals surface area contributed by atoms with E-state index in [0.717, 1.165) is 31.1 Å². The SMILES string of the molecule is Cc1cc(C(N)=O)cc(NCC2CCNC2)n1. The van der Waals surface area contributed by atoms with Crippen LogP contribution in [0.2, 0.25) is 0 Å². The van der Waals surface area contributed by atoms with Crippen molar-refractivity contribution >= 4 is 11.7 Å². The van der Waals surface area contributed by atoms with Crippen molar-refractivity contribution in [2.24, 2.45) is 11.7 Å². The van der Waals surface area contributed by atoms with E-state index in [4.69, 9.17) is 5.73 Å². The molecule has 1 fully saturated rings. The van der Waals surface area contributed by atoms with E-state index in [-0.39, 0.29) is 0 Å². The van der Waals surface area contributed by atoms with Gasteiger partial charge in [0, 0.05) is 17.8 Å². The third-order valence-electron chi connectivity index (χ3n) is 2.97. The fourth-order valence-electron chi connectivity index (χ4n) is 2.04. The average molecular weight is 234 g/mol. The van der Waals surface area contributed by atoms with E-state index < -0.39 is 5.91 Å². The molecule has 5 heteroatoms. The Hall–Kier alpha value is -1.62. The molecule has 0 saturated carbocycles. The molecule has 0 aromatic carbocycles. The van der Waals surface area contributed by atoms with Crippen LogP contribution in [0, 0.1) is 12.8 Å². The van der Waals surface area contributed by atoms with Crippen molar-refractivity contribution in [2.75, 3.05) is 25.0 Å². The number of carbonyl (C=O) groups excluding carboxylic acids is 1. The zero-order valence-corrected chi connectivity index (χ0v) is 9.99. The van der Waals surface area contributed by atoms with Crippen LogP contribution in [0.25, 0.3) is 0 Å². The molecule has 2 heterocycles. The van der Waals surface area contributed by atoms with Gasteiger partial charge in [-0.05, 0) is 44.5 Å². The second-order valence-corrected chi connectivity index (χ2v) is 4.49. The van der Waals surface area contributed by atoms with Crippen molar-refractivity contribution in [2.45, 2.75) is 13.3 Å². The number of nitrogens with one attached hydrogen (secondary N) is 2. The third kappa shape index (κ3) is 3.17. The predicted octanol–water partition coefficient (Wildman–Crippen LogP) is 0.510. The minimum absolute atomic E-state index is 0.416. The summed E-state index contributed by atoms with van der Waals surface area (Å²) in [6.45, 7) is 4.86. The van der Waals surface area contributed by atoms with Gasteiger partial charge in [-0.2, -0.15) is 0 Å². The number of carbonyl (C=O) groups is 1. The molecule has 0 radical (unpaired) electrons. The molecule has 1 unspecified atom stereocenters. The Labute approximate surface area is 101 Å². The lowest BCUT2D eigenvalue weighted by Gasteiger charge is -2.11. The lowest BCUT2D eigenvalue weighted by molar-refractivity contribution is 0.1000. The summed E-state index contributed by atoms with van der Waals surface area (Å²) >= 11 is 0. The van der Waals surface area contributed by atoms with Gasteiger partial charge in [0.2, 0.25) is 5.91 Å². The van der Waals surface area contributed by atoms with Crippen LogP contribution in [0.5, 0.6) is 0 Å². The molecule has 1 saturated heterocycles. The highest BCUT2D eigenvalue weighted by Gasteiger charge is 2.14. The van der Waals surface area contributed by atoms with E-state index in [0.29, 0.717) is 11.5 Å². The predicted molar refractivity (Wildman–Crippen MR) is 67.0 cm³/mol. The molecule has 0 aliphatic carbocycles. The van der Waals surface area contributed by atoms with Crippen LogP contribution >= 0.6 is 0 Å². The summed E-state index contributed by atoms with van der Waals surface area (Å²) in [4.78, 5) is 15.5. The fourth-order valence-corrected chi connectivity index (χ4v) is 2.04. The summed E-state index contributed by atoms with van der Waals surface area (Å²) < 4.78 is 0. The highest BCUT2D eigenvalue weighted by molar-refractivity contribution is 5.93. The maximum absolute atomic E-state index is 11.1. The van der Waals surface area contributed by atoms with E-state index in [1.807, 2.05) is 6.92 Å². The lowest BCUT2D eigenvalue weighted by atomic mass is 10.1. The molecule has 1 aliphatic rings. The highest BCUT2D eigenvalue weighted by atomic mass is 16.1. The first-order valence-corrected chi connectivity index (χ1v) is 5.88. The molecular formula is C12H18N4O. The first kappa shape index (κ1) is 11.9. The number of amides is 1. The molecule has 17 heavy (non-hydrogen) atoms. The Morgan fingerprint density at radius 3 is 3.12 bits per heavy atom. The molecular weight excluding hydrogens is 216 g/mol. The summed E-state index contributed by atoms with van der Waals surface area (Å²) in [6.07, 6.45) is 1.18. The number of aromatic nitrogens is 1. The molecule has 92 valence electrons. The maximum atomic E-state index is 11.1. The Morgan fingerprint density at radius 1 is 1.65 bits per heavy atom. The van der Waals surface area contributed by atoms with Gasteiger partial charge < -0.3 is 16.4 Å². The van der Waals surface area contributed by atoms with Crippen LogP contribution in [0.1, 0.15) is 22.5 Å². The number of nitrogens with zero attached hydrogens (tertiary/aromatic N) is 1. The van der Waals surface area contributed by atoms with E-state index >= 15 is 0 Å². The zero-order chi connectivity index (χ0) is 12.3. The van der Waals surface area contributed by atoms with Crippen molar-refractivity contribution in [3.8, 4) is 0 Å². The smallest absolute Gasteiger partial charge is 0.248 e. The number of nitrogens with two attached hydrogens (primary N) is 1. The number of primary amides is 1. The van der Waals surface area contributed by atoms with Gasteiger partial charge in [-0.15, -0.1) is 0 Å². The van der Waals surface area contributed by atoms with Crippen LogP contribution < -0.4 is 16.4 Å². The first-order chi connectivity index (χ1) is 8.15. The largest absolute Gasteiger partial charge is 0.370 e. The molecule has 4 N–H and O–H groups in total. The summed E-state index contributed by atoms with van der Waals surface area (Å²) in [5, 5.41) is 6.58. The number of hydrogen-bond acceptors (Lipinski definition) is 4. The summed E-state index contributed by atoms with van der Waals surface area (Å²) in [5.41, 5.74) is 6.57. The van der Waals surface area contributed by atoms with Gasteiger partial charge in [-0.25, -0.2) is 4.98 Å². The number of rotatable bonds is 4. The molecule has 0 bridgehead atoms. The highest BCUT2D eigenvalue weighted by Crippen LogP contribution is 2.12. The zero-order valence-electron chi connectivity index (χ0n) is 9.99. The van der Waals surface area contributed by atoms with Gasteiger partial charge in [0.1, 0.15) is 5.82 Å². The molecule has 1 aliphatic heterocycles. The second-order valence-electron chi connectivity index (χ2n) is 4.49. The van der Waals surface area contributed by atoms with Crippen molar-refractivity contribution in [1.29, 1.82) is 0 Å².